The Morgan fingerprint density at radius 3 is 2.76 bits per heavy atom. The van der Waals surface area contributed by atoms with Crippen LogP contribution in [0.25, 0.3) is 0 Å². The number of hydrogen-bond donors (Lipinski definition) is 0. The molecule has 0 atom stereocenters. The molecular formula is C13H7BrClNO. The van der Waals surface area contributed by atoms with Crippen LogP contribution in [0.3, 0.4) is 0 Å². The molecule has 0 heterocycles. The highest BCUT2D eigenvalue weighted by molar-refractivity contribution is 9.10. The largest absolute Gasteiger partial charge is 0.456 e. The van der Waals surface area contributed by atoms with Crippen LogP contribution in [0.2, 0.25) is 5.02 Å². The van der Waals surface area contributed by atoms with Gasteiger partial charge in [-0.2, -0.15) is 5.26 Å². The number of halogens is 2. The topological polar surface area (TPSA) is 33.0 Å². The maximum atomic E-state index is 8.79. The fourth-order valence-electron chi connectivity index (χ4n) is 1.31. The summed E-state index contributed by atoms with van der Waals surface area (Å²) in [7, 11) is 0. The van der Waals surface area contributed by atoms with E-state index in [-0.39, 0.29) is 0 Å². The van der Waals surface area contributed by atoms with Gasteiger partial charge in [-0.3, -0.25) is 0 Å². The molecule has 0 unspecified atom stereocenters. The van der Waals surface area contributed by atoms with Gasteiger partial charge in [0.05, 0.1) is 16.7 Å². The zero-order chi connectivity index (χ0) is 12.3. The van der Waals surface area contributed by atoms with E-state index in [4.69, 9.17) is 21.6 Å². The van der Waals surface area contributed by atoms with Gasteiger partial charge in [0.2, 0.25) is 0 Å². The number of ether oxygens (including phenoxy) is 1. The second kappa shape index (κ2) is 5.22. The molecule has 84 valence electrons. The summed E-state index contributed by atoms with van der Waals surface area (Å²) in [6.07, 6.45) is 0. The van der Waals surface area contributed by atoms with Crippen LogP contribution in [-0.2, 0) is 0 Å². The molecule has 0 spiro atoms. The van der Waals surface area contributed by atoms with Crippen molar-refractivity contribution in [3.8, 4) is 17.6 Å². The first-order valence-corrected chi connectivity index (χ1v) is 5.99. The molecule has 0 bridgehead atoms. The van der Waals surface area contributed by atoms with Gasteiger partial charge >= 0.3 is 0 Å². The van der Waals surface area contributed by atoms with Crippen molar-refractivity contribution < 1.29 is 4.74 Å². The molecule has 4 heteroatoms. The van der Waals surface area contributed by atoms with Crippen LogP contribution >= 0.6 is 27.5 Å². The summed E-state index contributed by atoms with van der Waals surface area (Å²) in [5, 5.41) is 9.31. The highest BCUT2D eigenvalue weighted by Crippen LogP contribution is 2.32. The van der Waals surface area contributed by atoms with Crippen LogP contribution in [0, 0.1) is 11.3 Å². The Morgan fingerprint density at radius 1 is 1.18 bits per heavy atom. The van der Waals surface area contributed by atoms with Crippen molar-refractivity contribution in [2.24, 2.45) is 0 Å². The van der Waals surface area contributed by atoms with Gasteiger partial charge in [0, 0.05) is 4.47 Å². The van der Waals surface area contributed by atoms with Crippen molar-refractivity contribution in [3.05, 3.63) is 57.5 Å². The van der Waals surface area contributed by atoms with Crippen LogP contribution in [0.1, 0.15) is 5.56 Å². The molecule has 0 aliphatic rings. The highest BCUT2D eigenvalue weighted by Gasteiger charge is 2.04. The van der Waals surface area contributed by atoms with Crippen molar-refractivity contribution in [1.29, 1.82) is 5.26 Å². The van der Waals surface area contributed by atoms with Crippen molar-refractivity contribution in [2.75, 3.05) is 0 Å². The van der Waals surface area contributed by atoms with E-state index in [1.54, 1.807) is 36.4 Å². The summed E-state index contributed by atoms with van der Waals surface area (Å²) in [4.78, 5) is 0. The van der Waals surface area contributed by atoms with Gasteiger partial charge in [-0.25, -0.2) is 0 Å². The lowest BCUT2D eigenvalue weighted by molar-refractivity contribution is 0.482. The minimum absolute atomic E-state index is 0.524. The van der Waals surface area contributed by atoms with Gasteiger partial charge in [0.25, 0.3) is 0 Å². The average Bonchev–Trinajstić information content (AvgIpc) is 2.34. The van der Waals surface area contributed by atoms with E-state index in [0.29, 0.717) is 22.1 Å². The van der Waals surface area contributed by atoms with Gasteiger partial charge in [0.15, 0.2) is 0 Å². The first kappa shape index (κ1) is 12.0. The summed E-state index contributed by atoms with van der Waals surface area (Å²) in [6.45, 7) is 0. The fraction of sp³-hybridized carbons (Fsp3) is 0. The number of hydrogen-bond acceptors (Lipinski definition) is 2. The zero-order valence-corrected chi connectivity index (χ0v) is 11.0. The molecule has 2 nitrogen and oxygen atoms in total. The SMILES string of the molecule is N#Cc1cccc(Oc2cc(Br)ccc2Cl)c1. The lowest BCUT2D eigenvalue weighted by atomic mass is 10.2. The van der Waals surface area contributed by atoms with Crippen LogP contribution in [0.5, 0.6) is 11.5 Å². The smallest absolute Gasteiger partial charge is 0.147 e. The molecule has 17 heavy (non-hydrogen) atoms. The molecule has 0 aliphatic heterocycles. The molecule has 2 aromatic rings. The maximum Gasteiger partial charge on any atom is 0.147 e. The van der Waals surface area contributed by atoms with Gasteiger partial charge in [-0.05, 0) is 36.4 Å². The van der Waals surface area contributed by atoms with E-state index in [0.717, 1.165) is 4.47 Å². The van der Waals surface area contributed by atoms with Crippen LogP contribution in [-0.4, -0.2) is 0 Å². The Hall–Kier alpha value is -1.50. The zero-order valence-electron chi connectivity index (χ0n) is 8.65. The number of rotatable bonds is 2. The Morgan fingerprint density at radius 2 is 2.00 bits per heavy atom. The molecule has 0 aliphatic carbocycles. The predicted octanol–water partition coefficient (Wildman–Crippen LogP) is 4.77. The molecular weight excluding hydrogens is 302 g/mol. The standard InChI is InChI=1S/C13H7BrClNO/c14-10-4-5-12(15)13(7-10)17-11-3-1-2-9(6-11)8-16/h1-7H. The average molecular weight is 309 g/mol. The molecule has 0 amide bonds. The van der Waals surface area contributed by atoms with Crippen molar-refractivity contribution >= 4 is 27.5 Å². The Kier molecular flexibility index (Phi) is 3.68. The van der Waals surface area contributed by atoms with Crippen molar-refractivity contribution in [1.82, 2.24) is 0 Å². The third kappa shape index (κ3) is 3.00. The Labute approximate surface area is 113 Å². The third-order valence-corrected chi connectivity index (χ3v) is 2.89. The van der Waals surface area contributed by atoms with Crippen molar-refractivity contribution in [2.45, 2.75) is 0 Å². The Bertz CT molecular complexity index is 592. The summed E-state index contributed by atoms with van der Waals surface area (Å²) >= 11 is 9.36. The van der Waals surface area contributed by atoms with E-state index in [1.807, 2.05) is 6.07 Å². The second-order valence-corrected chi connectivity index (χ2v) is 4.64. The molecule has 0 aromatic heterocycles. The van der Waals surface area contributed by atoms with Crippen LogP contribution in [0.15, 0.2) is 46.9 Å². The summed E-state index contributed by atoms with van der Waals surface area (Å²) < 4.78 is 6.50. The summed E-state index contributed by atoms with van der Waals surface area (Å²) in [5.74, 6) is 1.14. The second-order valence-electron chi connectivity index (χ2n) is 3.32. The molecule has 0 fully saturated rings. The number of nitrogens with zero attached hydrogens (tertiary/aromatic N) is 1. The van der Waals surface area contributed by atoms with Gasteiger partial charge in [-0.1, -0.05) is 33.6 Å². The van der Waals surface area contributed by atoms with E-state index in [1.165, 1.54) is 0 Å². The molecule has 2 rings (SSSR count). The normalized spacial score (nSPS) is 9.71. The lowest BCUT2D eigenvalue weighted by Crippen LogP contribution is -1.86. The third-order valence-electron chi connectivity index (χ3n) is 2.08. The lowest BCUT2D eigenvalue weighted by Gasteiger charge is -2.07. The number of benzene rings is 2. The first-order valence-electron chi connectivity index (χ1n) is 4.82. The molecule has 0 saturated heterocycles. The molecule has 0 radical (unpaired) electrons. The van der Waals surface area contributed by atoms with Gasteiger partial charge in [-0.15, -0.1) is 0 Å². The van der Waals surface area contributed by atoms with E-state index in [9.17, 15) is 0 Å². The van der Waals surface area contributed by atoms with Crippen LogP contribution < -0.4 is 4.74 Å². The van der Waals surface area contributed by atoms with Crippen molar-refractivity contribution in [3.63, 3.8) is 0 Å². The molecule has 2 aromatic carbocycles. The quantitative estimate of drug-likeness (QED) is 0.801. The maximum absolute atomic E-state index is 8.79. The van der Waals surface area contributed by atoms with Gasteiger partial charge in [0.1, 0.15) is 11.5 Å². The fourth-order valence-corrected chi connectivity index (χ4v) is 1.81. The summed E-state index contributed by atoms with van der Waals surface area (Å²) in [6, 6.07) is 14.3. The van der Waals surface area contributed by atoms with E-state index in [2.05, 4.69) is 22.0 Å². The van der Waals surface area contributed by atoms with Crippen LogP contribution in [0.4, 0.5) is 0 Å². The Balaban J connectivity index is 2.31. The van der Waals surface area contributed by atoms with E-state index < -0.39 is 0 Å². The predicted molar refractivity (Wildman–Crippen MR) is 70.4 cm³/mol. The van der Waals surface area contributed by atoms with Gasteiger partial charge < -0.3 is 4.74 Å². The molecule has 0 saturated carbocycles. The molecule has 0 N–H and O–H groups in total. The van der Waals surface area contributed by atoms with E-state index >= 15 is 0 Å². The first-order chi connectivity index (χ1) is 8.19. The summed E-state index contributed by atoms with van der Waals surface area (Å²) in [5.41, 5.74) is 0.550. The monoisotopic (exact) mass is 307 g/mol. The number of nitriles is 1. The minimum atomic E-state index is 0.524. The minimum Gasteiger partial charge on any atom is -0.456 e. The highest BCUT2D eigenvalue weighted by atomic mass is 79.9.